The first-order valence-electron chi connectivity index (χ1n) is 15.4. The fraction of sp³-hybridized carbons (Fsp3) is 0.243. The molecule has 1 aliphatic carbocycles. The zero-order valence-corrected chi connectivity index (χ0v) is 25.5. The summed E-state index contributed by atoms with van der Waals surface area (Å²) in [5.74, 6) is -2.30. The molecular weight excluding hydrogens is 600 g/mol. The fourth-order valence-electron chi connectivity index (χ4n) is 6.28. The summed E-state index contributed by atoms with van der Waals surface area (Å²) in [7, 11) is 0. The number of likely N-dealkylation sites (tertiary alicyclic amines) is 1. The summed E-state index contributed by atoms with van der Waals surface area (Å²) >= 11 is 0. The Hall–Kier alpha value is -5.64. The molecule has 1 saturated heterocycles. The number of carboxylic acid groups (broad SMARTS) is 1. The number of amides is 2. The molecule has 0 radical (unpaired) electrons. The molecule has 0 saturated carbocycles. The number of alkyl carbamates (subject to hydrolysis) is 1. The number of ether oxygens (including phenoxy) is 3. The number of piperidine rings is 1. The lowest BCUT2D eigenvalue weighted by Gasteiger charge is -2.43. The molecular formula is C37H34N2O8. The van der Waals surface area contributed by atoms with Gasteiger partial charge in [0.1, 0.15) is 25.9 Å². The van der Waals surface area contributed by atoms with E-state index in [0.29, 0.717) is 5.56 Å². The van der Waals surface area contributed by atoms with Gasteiger partial charge < -0.3 is 24.6 Å². The molecule has 1 fully saturated rings. The highest BCUT2D eigenvalue weighted by molar-refractivity contribution is 5.89. The van der Waals surface area contributed by atoms with E-state index in [0.717, 1.165) is 32.7 Å². The molecule has 0 unspecified atom stereocenters. The Morgan fingerprint density at radius 3 is 1.83 bits per heavy atom. The second kappa shape index (κ2) is 13.8. The third-order valence-electron chi connectivity index (χ3n) is 8.67. The molecule has 2 aliphatic rings. The van der Waals surface area contributed by atoms with E-state index < -0.39 is 42.3 Å². The number of hydrogen-bond acceptors (Lipinski definition) is 7. The number of carbonyl (C=O) groups excluding carboxylic acids is 3. The van der Waals surface area contributed by atoms with Crippen molar-refractivity contribution in [2.24, 2.45) is 0 Å². The highest BCUT2D eigenvalue weighted by Crippen LogP contribution is 2.44. The third kappa shape index (κ3) is 6.81. The van der Waals surface area contributed by atoms with E-state index in [9.17, 15) is 24.3 Å². The number of fused-ring (bicyclic) bond motifs is 3. The van der Waals surface area contributed by atoms with Crippen LogP contribution in [0.25, 0.3) is 11.1 Å². The van der Waals surface area contributed by atoms with Crippen LogP contribution in [-0.4, -0.2) is 58.9 Å². The largest absolute Gasteiger partial charge is 0.480 e. The van der Waals surface area contributed by atoms with Gasteiger partial charge in [-0.15, -0.1) is 0 Å². The minimum absolute atomic E-state index is 0.00438. The van der Waals surface area contributed by atoms with Crippen molar-refractivity contribution in [2.75, 3.05) is 13.2 Å². The minimum atomic E-state index is -1.80. The lowest BCUT2D eigenvalue weighted by Crippen LogP contribution is -2.67. The standard InChI is InChI=1S/C37H34N2O8/c40-33(41)32-19-20-37(34(42)45-21-25-11-3-1-4-12-25,24-39(32)36(44)47-22-26-13-5-2-6-14-26)38-35(43)46-23-31-29-17-9-7-15-27(29)28-16-8-10-18-30(28)31/h1-18,31-32H,19-24H2,(H,38,43)(H,40,41)/t32-,37-/m0/s1. The van der Waals surface area contributed by atoms with E-state index in [1.165, 1.54) is 0 Å². The Morgan fingerprint density at radius 2 is 1.26 bits per heavy atom. The number of nitrogens with one attached hydrogen (secondary N) is 1. The Labute approximate surface area is 271 Å². The van der Waals surface area contributed by atoms with E-state index in [1.54, 1.807) is 48.5 Å². The van der Waals surface area contributed by atoms with E-state index in [2.05, 4.69) is 5.32 Å². The number of rotatable bonds is 9. The first-order chi connectivity index (χ1) is 22.8. The molecule has 2 N–H and O–H groups in total. The summed E-state index contributed by atoms with van der Waals surface area (Å²) in [6.07, 6.45) is -2.07. The van der Waals surface area contributed by atoms with Gasteiger partial charge in [0.25, 0.3) is 0 Å². The van der Waals surface area contributed by atoms with Gasteiger partial charge in [-0.3, -0.25) is 4.90 Å². The van der Waals surface area contributed by atoms with Crippen LogP contribution in [0.3, 0.4) is 0 Å². The van der Waals surface area contributed by atoms with Gasteiger partial charge in [0, 0.05) is 5.92 Å². The second-order valence-electron chi connectivity index (χ2n) is 11.7. The SMILES string of the molecule is O=C(N[C@@]1(C(=O)OCc2ccccc2)CC[C@@H](C(=O)O)N(C(=O)OCc2ccccc2)C1)OCC1c2ccccc2-c2ccccc21. The molecule has 10 nitrogen and oxygen atoms in total. The van der Waals surface area contributed by atoms with Crippen LogP contribution in [0.4, 0.5) is 9.59 Å². The van der Waals surface area contributed by atoms with Crippen molar-refractivity contribution >= 4 is 24.1 Å². The molecule has 1 heterocycles. The maximum Gasteiger partial charge on any atom is 0.410 e. The van der Waals surface area contributed by atoms with Gasteiger partial charge in [0.05, 0.1) is 6.54 Å². The van der Waals surface area contributed by atoms with Gasteiger partial charge in [-0.1, -0.05) is 109 Å². The lowest BCUT2D eigenvalue weighted by atomic mass is 9.85. The molecule has 4 aromatic carbocycles. The molecule has 1 aliphatic heterocycles. The number of nitrogens with zero attached hydrogens (tertiary/aromatic N) is 1. The van der Waals surface area contributed by atoms with E-state index in [1.807, 2.05) is 60.7 Å². The predicted molar refractivity (Wildman–Crippen MR) is 171 cm³/mol. The molecule has 2 amide bonds. The van der Waals surface area contributed by atoms with Crippen LogP contribution >= 0.6 is 0 Å². The number of esters is 1. The Morgan fingerprint density at radius 1 is 0.723 bits per heavy atom. The summed E-state index contributed by atoms with van der Waals surface area (Å²) in [6, 6.07) is 32.5. The summed E-state index contributed by atoms with van der Waals surface area (Å²) in [4.78, 5) is 53.8. The first-order valence-corrected chi connectivity index (χ1v) is 15.4. The average Bonchev–Trinajstić information content (AvgIpc) is 3.42. The Bertz CT molecular complexity index is 1720. The zero-order chi connectivity index (χ0) is 32.8. The maximum atomic E-state index is 13.8. The van der Waals surface area contributed by atoms with Crippen LogP contribution in [-0.2, 0) is 37.0 Å². The normalized spacial score (nSPS) is 18.4. The molecule has 47 heavy (non-hydrogen) atoms. The van der Waals surface area contributed by atoms with E-state index >= 15 is 0 Å². The van der Waals surface area contributed by atoms with Crippen molar-refractivity contribution < 1.29 is 38.5 Å². The van der Waals surface area contributed by atoms with Gasteiger partial charge in [-0.25, -0.2) is 19.2 Å². The summed E-state index contributed by atoms with van der Waals surface area (Å²) in [5.41, 5.74) is 3.80. The molecule has 0 spiro atoms. The molecule has 10 heteroatoms. The quantitative estimate of drug-likeness (QED) is 0.172. The van der Waals surface area contributed by atoms with Crippen LogP contribution in [0.5, 0.6) is 0 Å². The smallest absolute Gasteiger partial charge is 0.410 e. The number of hydrogen-bond donors (Lipinski definition) is 2. The fourth-order valence-corrected chi connectivity index (χ4v) is 6.28. The summed E-state index contributed by atoms with van der Waals surface area (Å²) < 4.78 is 16.9. The summed E-state index contributed by atoms with van der Waals surface area (Å²) in [5, 5.41) is 12.7. The van der Waals surface area contributed by atoms with E-state index in [-0.39, 0.29) is 38.6 Å². The van der Waals surface area contributed by atoms with Crippen molar-refractivity contribution in [1.82, 2.24) is 10.2 Å². The van der Waals surface area contributed by atoms with Gasteiger partial charge in [-0.05, 0) is 46.2 Å². The Balaban J connectivity index is 1.22. The van der Waals surface area contributed by atoms with Crippen molar-refractivity contribution in [1.29, 1.82) is 0 Å². The van der Waals surface area contributed by atoms with Crippen LogP contribution < -0.4 is 5.32 Å². The molecule has 0 bridgehead atoms. The summed E-state index contributed by atoms with van der Waals surface area (Å²) in [6.45, 7) is -0.687. The van der Waals surface area contributed by atoms with E-state index in [4.69, 9.17) is 14.2 Å². The van der Waals surface area contributed by atoms with Crippen molar-refractivity contribution in [3.8, 4) is 11.1 Å². The average molecular weight is 635 g/mol. The first kappa shape index (κ1) is 31.3. The van der Waals surface area contributed by atoms with Crippen LogP contribution in [0, 0.1) is 0 Å². The molecule has 240 valence electrons. The number of carboxylic acids is 1. The minimum Gasteiger partial charge on any atom is -0.480 e. The van der Waals surface area contributed by atoms with Gasteiger partial charge >= 0.3 is 24.1 Å². The lowest BCUT2D eigenvalue weighted by molar-refractivity contribution is -0.159. The number of aliphatic carboxylic acids is 1. The third-order valence-corrected chi connectivity index (χ3v) is 8.67. The maximum absolute atomic E-state index is 13.8. The van der Waals surface area contributed by atoms with Crippen LogP contribution in [0.1, 0.15) is 41.0 Å². The topological polar surface area (TPSA) is 131 Å². The van der Waals surface area contributed by atoms with Gasteiger partial charge in [0.2, 0.25) is 0 Å². The second-order valence-corrected chi connectivity index (χ2v) is 11.7. The monoisotopic (exact) mass is 634 g/mol. The number of benzene rings is 4. The van der Waals surface area contributed by atoms with Crippen molar-refractivity contribution in [3.05, 3.63) is 131 Å². The molecule has 6 rings (SSSR count). The zero-order valence-electron chi connectivity index (χ0n) is 25.5. The van der Waals surface area contributed by atoms with Crippen molar-refractivity contribution in [2.45, 2.75) is 43.6 Å². The van der Waals surface area contributed by atoms with Gasteiger partial charge in [0.15, 0.2) is 5.54 Å². The van der Waals surface area contributed by atoms with Crippen LogP contribution in [0.15, 0.2) is 109 Å². The molecule has 4 aromatic rings. The number of carbonyl (C=O) groups is 4. The Kier molecular flexibility index (Phi) is 9.19. The molecule has 0 aromatic heterocycles. The predicted octanol–water partition coefficient (Wildman–Crippen LogP) is 5.89. The molecule has 2 atom stereocenters. The van der Waals surface area contributed by atoms with Crippen LogP contribution in [0.2, 0.25) is 0 Å². The van der Waals surface area contributed by atoms with Gasteiger partial charge in [-0.2, -0.15) is 0 Å². The van der Waals surface area contributed by atoms with Crippen molar-refractivity contribution in [3.63, 3.8) is 0 Å². The highest BCUT2D eigenvalue weighted by atomic mass is 16.6. The highest BCUT2D eigenvalue weighted by Gasteiger charge is 2.51.